The largest absolute Gasteiger partial charge is 0.467 e. The third kappa shape index (κ3) is 2.41. The Balaban J connectivity index is 2.28. The number of carbonyl (C=O) groups is 2. The van der Waals surface area contributed by atoms with E-state index in [0.29, 0.717) is 24.2 Å². The normalized spacial score (nSPS) is 18.4. The molecule has 2 N–H and O–H groups in total. The lowest BCUT2D eigenvalue weighted by atomic mass is 10.1. The number of esters is 1. The first-order valence-electron chi connectivity index (χ1n) is 6.30. The Bertz CT molecular complexity index is 513. The molecule has 0 aromatic heterocycles. The van der Waals surface area contributed by atoms with Gasteiger partial charge in [0, 0.05) is 12.2 Å². The molecule has 0 bridgehead atoms. The highest BCUT2D eigenvalue weighted by Gasteiger charge is 2.35. The first kappa shape index (κ1) is 13.4. The van der Waals surface area contributed by atoms with Crippen molar-refractivity contribution in [3.8, 4) is 0 Å². The number of methoxy groups -OCH3 is 1. The average molecular weight is 262 g/mol. The highest BCUT2D eigenvalue weighted by atomic mass is 16.5. The number of rotatable bonds is 2. The molecule has 5 nitrogen and oxygen atoms in total. The number of hydrogen-bond acceptors (Lipinski definition) is 4. The molecule has 1 aliphatic rings. The number of ether oxygens (including phenoxy) is 1. The molecule has 5 heteroatoms. The fourth-order valence-electron chi connectivity index (χ4n) is 2.41. The van der Waals surface area contributed by atoms with Crippen LogP contribution in [0, 0.1) is 6.92 Å². The van der Waals surface area contributed by atoms with Gasteiger partial charge in [-0.05, 0) is 31.4 Å². The molecule has 0 saturated carbocycles. The maximum absolute atomic E-state index is 12.5. The Morgan fingerprint density at radius 1 is 1.42 bits per heavy atom. The van der Waals surface area contributed by atoms with E-state index in [1.807, 2.05) is 13.0 Å². The molecule has 1 fully saturated rings. The second-order valence-corrected chi connectivity index (χ2v) is 4.72. The summed E-state index contributed by atoms with van der Waals surface area (Å²) in [6, 6.07) is 4.85. The van der Waals surface area contributed by atoms with E-state index in [1.54, 1.807) is 17.0 Å². The van der Waals surface area contributed by atoms with Gasteiger partial charge in [-0.2, -0.15) is 0 Å². The Kier molecular flexibility index (Phi) is 3.74. The summed E-state index contributed by atoms with van der Waals surface area (Å²) in [7, 11) is 1.34. The van der Waals surface area contributed by atoms with Crippen molar-refractivity contribution in [2.45, 2.75) is 25.8 Å². The molecule has 1 amide bonds. The third-order valence-electron chi connectivity index (χ3n) is 3.54. The van der Waals surface area contributed by atoms with Crippen molar-refractivity contribution < 1.29 is 14.3 Å². The highest BCUT2D eigenvalue weighted by molar-refractivity contribution is 6.01. The molecule has 1 aliphatic heterocycles. The van der Waals surface area contributed by atoms with Gasteiger partial charge in [0.05, 0.1) is 12.7 Å². The summed E-state index contributed by atoms with van der Waals surface area (Å²) < 4.78 is 4.74. The van der Waals surface area contributed by atoms with Gasteiger partial charge in [-0.25, -0.2) is 4.79 Å². The zero-order chi connectivity index (χ0) is 14.0. The number of amides is 1. The number of anilines is 1. The monoisotopic (exact) mass is 262 g/mol. The van der Waals surface area contributed by atoms with Crippen molar-refractivity contribution >= 4 is 17.6 Å². The molecule has 1 heterocycles. The molecular formula is C14H18N2O3. The summed E-state index contributed by atoms with van der Waals surface area (Å²) in [5.74, 6) is -0.564. The van der Waals surface area contributed by atoms with Crippen molar-refractivity contribution in [1.29, 1.82) is 0 Å². The fourth-order valence-corrected chi connectivity index (χ4v) is 2.41. The number of likely N-dealkylation sites (tertiary alicyclic amines) is 1. The number of carbonyl (C=O) groups excluding carboxylic acids is 2. The smallest absolute Gasteiger partial charge is 0.328 e. The van der Waals surface area contributed by atoms with Crippen LogP contribution in [0.5, 0.6) is 0 Å². The Hall–Kier alpha value is -2.04. The summed E-state index contributed by atoms with van der Waals surface area (Å²) in [5, 5.41) is 0. The van der Waals surface area contributed by atoms with Gasteiger partial charge in [-0.15, -0.1) is 0 Å². The topological polar surface area (TPSA) is 72.6 Å². The Morgan fingerprint density at radius 2 is 2.16 bits per heavy atom. The lowest BCUT2D eigenvalue weighted by Crippen LogP contribution is -2.41. The van der Waals surface area contributed by atoms with Crippen molar-refractivity contribution in [3.63, 3.8) is 0 Å². The molecular weight excluding hydrogens is 244 g/mol. The summed E-state index contributed by atoms with van der Waals surface area (Å²) in [5.41, 5.74) is 7.73. The van der Waals surface area contributed by atoms with Crippen LogP contribution in [0.25, 0.3) is 0 Å². The van der Waals surface area contributed by atoms with Crippen LogP contribution in [-0.2, 0) is 9.53 Å². The maximum atomic E-state index is 12.5. The number of nitrogens with two attached hydrogens (primary N) is 1. The summed E-state index contributed by atoms with van der Waals surface area (Å²) >= 11 is 0. The van der Waals surface area contributed by atoms with Crippen LogP contribution >= 0.6 is 0 Å². The predicted molar refractivity (Wildman–Crippen MR) is 71.7 cm³/mol. The van der Waals surface area contributed by atoms with Gasteiger partial charge < -0.3 is 15.4 Å². The van der Waals surface area contributed by atoms with E-state index in [0.717, 1.165) is 12.0 Å². The molecule has 0 radical (unpaired) electrons. The molecule has 1 aromatic rings. The molecule has 1 saturated heterocycles. The van der Waals surface area contributed by atoms with E-state index in [2.05, 4.69) is 0 Å². The van der Waals surface area contributed by atoms with E-state index < -0.39 is 6.04 Å². The Labute approximate surface area is 112 Å². The molecule has 1 aromatic carbocycles. The van der Waals surface area contributed by atoms with Gasteiger partial charge in [0.2, 0.25) is 0 Å². The van der Waals surface area contributed by atoms with E-state index in [1.165, 1.54) is 7.11 Å². The van der Waals surface area contributed by atoms with Gasteiger partial charge in [-0.3, -0.25) is 4.79 Å². The maximum Gasteiger partial charge on any atom is 0.328 e. The highest BCUT2D eigenvalue weighted by Crippen LogP contribution is 2.24. The summed E-state index contributed by atoms with van der Waals surface area (Å²) in [6.07, 6.45) is 1.45. The third-order valence-corrected chi connectivity index (χ3v) is 3.54. The van der Waals surface area contributed by atoms with Crippen LogP contribution in [0.15, 0.2) is 18.2 Å². The van der Waals surface area contributed by atoms with Gasteiger partial charge in [0.25, 0.3) is 5.91 Å². The minimum absolute atomic E-state index is 0.200. The van der Waals surface area contributed by atoms with E-state index in [-0.39, 0.29) is 11.9 Å². The van der Waals surface area contributed by atoms with Crippen LogP contribution in [0.2, 0.25) is 0 Å². The SMILES string of the molecule is COC(=O)C1CCCN1C(=O)c1cccc(C)c1N. The van der Waals surface area contributed by atoms with Gasteiger partial charge in [0.1, 0.15) is 6.04 Å². The second-order valence-electron chi connectivity index (χ2n) is 4.72. The van der Waals surface area contributed by atoms with E-state index in [4.69, 9.17) is 10.5 Å². The van der Waals surface area contributed by atoms with Crippen LogP contribution in [0.4, 0.5) is 5.69 Å². The van der Waals surface area contributed by atoms with Crippen molar-refractivity contribution in [3.05, 3.63) is 29.3 Å². The van der Waals surface area contributed by atoms with Crippen LogP contribution in [0.1, 0.15) is 28.8 Å². The minimum Gasteiger partial charge on any atom is -0.467 e. The van der Waals surface area contributed by atoms with Gasteiger partial charge >= 0.3 is 5.97 Å². The number of aryl methyl sites for hydroxylation is 1. The summed E-state index contributed by atoms with van der Waals surface area (Å²) in [6.45, 7) is 2.42. The first-order valence-corrected chi connectivity index (χ1v) is 6.30. The molecule has 19 heavy (non-hydrogen) atoms. The standard InChI is InChI=1S/C14H18N2O3/c1-9-5-3-6-10(12(9)15)13(17)16-8-4-7-11(16)14(18)19-2/h3,5-6,11H,4,7-8,15H2,1-2H3. The molecule has 1 unspecified atom stereocenters. The molecule has 0 aliphatic carbocycles. The predicted octanol–water partition coefficient (Wildman–Crippen LogP) is 1.35. The average Bonchev–Trinajstić information content (AvgIpc) is 2.89. The first-order chi connectivity index (χ1) is 9.06. The molecule has 2 rings (SSSR count). The zero-order valence-electron chi connectivity index (χ0n) is 11.2. The number of para-hydroxylation sites is 1. The molecule has 1 atom stereocenters. The lowest BCUT2D eigenvalue weighted by molar-refractivity contribution is -0.145. The number of hydrogen-bond donors (Lipinski definition) is 1. The van der Waals surface area contributed by atoms with Crippen LogP contribution in [-0.4, -0.2) is 36.5 Å². The van der Waals surface area contributed by atoms with Crippen molar-refractivity contribution in [2.24, 2.45) is 0 Å². The number of benzene rings is 1. The molecule has 0 spiro atoms. The van der Waals surface area contributed by atoms with E-state index in [9.17, 15) is 9.59 Å². The van der Waals surface area contributed by atoms with Gasteiger partial charge in [-0.1, -0.05) is 12.1 Å². The number of nitrogen functional groups attached to an aromatic ring is 1. The second kappa shape index (κ2) is 5.30. The lowest BCUT2D eigenvalue weighted by Gasteiger charge is -2.23. The van der Waals surface area contributed by atoms with Gasteiger partial charge in [0.15, 0.2) is 0 Å². The summed E-state index contributed by atoms with van der Waals surface area (Å²) in [4.78, 5) is 25.7. The van der Waals surface area contributed by atoms with Crippen molar-refractivity contribution in [2.75, 3.05) is 19.4 Å². The fraction of sp³-hybridized carbons (Fsp3) is 0.429. The minimum atomic E-state index is -0.489. The van der Waals surface area contributed by atoms with Crippen LogP contribution in [0.3, 0.4) is 0 Å². The zero-order valence-corrected chi connectivity index (χ0v) is 11.2. The van der Waals surface area contributed by atoms with Crippen LogP contribution < -0.4 is 5.73 Å². The number of nitrogens with zero attached hydrogens (tertiary/aromatic N) is 1. The quantitative estimate of drug-likeness (QED) is 0.645. The Morgan fingerprint density at radius 3 is 2.84 bits per heavy atom. The van der Waals surface area contributed by atoms with E-state index >= 15 is 0 Å². The van der Waals surface area contributed by atoms with Crippen molar-refractivity contribution in [1.82, 2.24) is 4.90 Å². The molecule has 102 valence electrons.